The Morgan fingerprint density at radius 3 is 3.06 bits per heavy atom. The highest BCUT2D eigenvalue weighted by molar-refractivity contribution is 5.86. The van der Waals surface area contributed by atoms with E-state index in [-0.39, 0.29) is 18.4 Å². The third-order valence-electron chi connectivity index (χ3n) is 2.88. The van der Waals surface area contributed by atoms with Crippen LogP contribution in [-0.2, 0) is 16.0 Å². The monoisotopic (exact) mass is 248 g/mol. The predicted octanol–water partition coefficient (Wildman–Crippen LogP) is 0.196. The molecule has 1 N–H and O–H groups in total. The molecule has 0 spiro atoms. The van der Waals surface area contributed by atoms with Crippen molar-refractivity contribution in [1.29, 1.82) is 0 Å². The number of piperazine rings is 1. The molecule has 1 aliphatic heterocycles. The van der Waals surface area contributed by atoms with Crippen LogP contribution in [0.2, 0.25) is 0 Å². The first-order valence-electron chi connectivity index (χ1n) is 5.86. The third kappa shape index (κ3) is 3.00. The zero-order chi connectivity index (χ0) is 13.0. The van der Waals surface area contributed by atoms with Crippen molar-refractivity contribution < 1.29 is 14.3 Å². The van der Waals surface area contributed by atoms with Gasteiger partial charge in [0.05, 0.1) is 20.1 Å². The number of hydrogen-bond acceptors (Lipinski definition) is 3. The molecule has 1 aromatic carbocycles. The van der Waals surface area contributed by atoms with Crippen molar-refractivity contribution >= 4 is 11.8 Å². The molecular weight excluding hydrogens is 232 g/mol. The fraction of sp³-hybridized carbons (Fsp3) is 0.385. The topological polar surface area (TPSA) is 58.6 Å². The summed E-state index contributed by atoms with van der Waals surface area (Å²) in [7, 11) is 1.59. The summed E-state index contributed by atoms with van der Waals surface area (Å²) in [5.41, 5.74) is 0.894. The fourth-order valence-corrected chi connectivity index (χ4v) is 1.92. The van der Waals surface area contributed by atoms with Gasteiger partial charge in [-0.2, -0.15) is 0 Å². The molecule has 5 heteroatoms. The van der Waals surface area contributed by atoms with Crippen LogP contribution in [0.4, 0.5) is 0 Å². The van der Waals surface area contributed by atoms with E-state index in [4.69, 9.17) is 4.74 Å². The van der Waals surface area contributed by atoms with Crippen LogP contribution in [0.25, 0.3) is 0 Å². The standard InChI is InChI=1S/C13H16N2O3/c1-18-11-4-2-3-10(7-11)8-13(17)15-6-5-14-12(16)9-15/h2-4,7H,5-6,8-9H2,1H3,(H,14,16). The second-order valence-corrected chi connectivity index (χ2v) is 4.19. The second kappa shape index (κ2) is 5.53. The van der Waals surface area contributed by atoms with Crippen molar-refractivity contribution in [2.45, 2.75) is 6.42 Å². The van der Waals surface area contributed by atoms with Gasteiger partial charge < -0.3 is 15.0 Å². The maximum atomic E-state index is 12.0. The molecule has 0 radical (unpaired) electrons. The van der Waals surface area contributed by atoms with E-state index in [0.29, 0.717) is 19.5 Å². The molecule has 0 atom stereocenters. The number of ether oxygens (including phenoxy) is 1. The summed E-state index contributed by atoms with van der Waals surface area (Å²) in [5, 5.41) is 2.70. The molecule has 1 aromatic rings. The predicted molar refractivity (Wildman–Crippen MR) is 66.3 cm³/mol. The summed E-state index contributed by atoms with van der Waals surface area (Å²) in [5.74, 6) is 0.607. The Bertz CT molecular complexity index is 459. The summed E-state index contributed by atoms with van der Waals surface area (Å²) in [6.07, 6.45) is 0.296. The number of nitrogens with one attached hydrogen (secondary N) is 1. The number of nitrogens with zero attached hydrogens (tertiary/aromatic N) is 1. The van der Waals surface area contributed by atoms with Gasteiger partial charge in [0.15, 0.2) is 0 Å². The normalized spacial score (nSPS) is 15.2. The molecule has 1 saturated heterocycles. The van der Waals surface area contributed by atoms with Gasteiger partial charge in [0.1, 0.15) is 5.75 Å². The average molecular weight is 248 g/mol. The number of methoxy groups -OCH3 is 1. The molecule has 0 unspecified atom stereocenters. The van der Waals surface area contributed by atoms with Crippen LogP contribution in [0.5, 0.6) is 5.75 Å². The lowest BCUT2D eigenvalue weighted by molar-refractivity contribution is -0.137. The summed E-state index contributed by atoms with van der Waals surface area (Å²) in [6, 6.07) is 7.40. The molecule has 2 rings (SSSR count). The van der Waals surface area contributed by atoms with Crippen molar-refractivity contribution in [3.8, 4) is 5.75 Å². The minimum Gasteiger partial charge on any atom is -0.497 e. The Balaban J connectivity index is 1.99. The Morgan fingerprint density at radius 2 is 2.33 bits per heavy atom. The maximum absolute atomic E-state index is 12.0. The van der Waals surface area contributed by atoms with E-state index in [0.717, 1.165) is 11.3 Å². The van der Waals surface area contributed by atoms with Crippen LogP contribution in [0.15, 0.2) is 24.3 Å². The summed E-state index contributed by atoms with van der Waals surface area (Å²) < 4.78 is 5.11. The van der Waals surface area contributed by atoms with Crippen LogP contribution < -0.4 is 10.1 Å². The molecule has 0 bridgehead atoms. The molecule has 1 aliphatic rings. The highest BCUT2D eigenvalue weighted by Gasteiger charge is 2.20. The summed E-state index contributed by atoms with van der Waals surface area (Å²) in [4.78, 5) is 24.8. The van der Waals surface area contributed by atoms with Crippen LogP contribution in [0.3, 0.4) is 0 Å². The molecule has 2 amide bonds. The van der Waals surface area contributed by atoms with Crippen molar-refractivity contribution in [3.63, 3.8) is 0 Å². The van der Waals surface area contributed by atoms with E-state index in [1.54, 1.807) is 12.0 Å². The van der Waals surface area contributed by atoms with Gasteiger partial charge in [-0.3, -0.25) is 9.59 Å². The van der Waals surface area contributed by atoms with Crippen molar-refractivity contribution in [3.05, 3.63) is 29.8 Å². The van der Waals surface area contributed by atoms with E-state index in [1.165, 1.54) is 0 Å². The first kappa shape index (κ1) is 12.4. The fourth-order valence-electron chi connectivity index (χ4n) is 1.92. The second-order valence-electron chi connectivity index (χ2n) is 4.19. The van der Waals surface area contributed by atoms with E-state index < -0.39 is 0 Å². The maximum Gasteiger partial charge on any atom is 0.239 e. The van der Waals surface area contributed by atoms with Crippen LogP contribution in [-0.4, -0.2) is 43.5 Å². The third-order valence-corrected chi connectivity index (χ3v) is 2.88. The lowest BCUT2D eigenvalue weighted by atomic mass is 10.1. The number of benzene rings is 1. The number of amides is 2. The molecule has 0 aromatic heterocycles. The van der Waals surface area contributed by atoms with Gasteiger partial charge >= 0.3 is 0 Å². The Labute approximate surface area is 106 Å². The highest BCUT2D eigenvalue weighted by atomic mass is 16.5. The Morgan fingerprint density at radius 1 is 1.50 bits per heavy atom. The Kier molecular flexibility index (Phi) is 3.82. The highest BCUT2D eigenvalue weighted by Crippen LogP contribution is 2.13. The van der Waals surface area contributed by atoms with Gasteiger partial charge in [0, 0.05) is 13.1 Å². The number of carbonyl (C=O) groups excluding carboxylic acids is 2. The molecule has 1 fully saturated rings. The number of hydrogen-bond donors (Lipinski definition) is 1. The largest absolute Gasteiger partial charge is 0.497 e. The van der Waals surface area contributed by atoms with Gasteiger partial charge in [-0.15, -0.1) is 0 Å². The smallest absolute Gasteiger partial charge is 0.239 e. The van der Waals surface area contributed by atoms with Crippen LogP contribution in [0, 0.1) is 0 Å². The molecule has 5 nitrogen and oxygen atoms in total. The SMILES string of the molecule is COc1cccc(CC(=O)N2CCNC(=O)C2)c1. The lowest BCUT2D eigenvalue weighted by Gasteiger charge is -2.26. The van der Waals surface area contributed by atoms with Crippen LogP contribution >= 0.6 is 0 Å². The molecule has 1 heterocycles. The first-order valence-corrected chi connectivity index (χ1v) is 5.86. The Hall–Kier alpha value is -2.04. The minimum absolute atomic E-state index is 0.0295. The van der Waals surface area contributed by atoms with Crippen molar-refractivity contribution in [2.24, 2.45) is 0 Å². The van der Waals surface area contributed by atoms with E-state index in [2.05, 4.69) is 5.32 Å². The average Bonchev–Trinajstić information content (AvgIpc) is 2.39. The van der Waals surface area contributed by atoms with Crippen molar-refractivity contribution in [1.82, 2.24) is 10.2 Å². The van der Waals surface area contributed by atoms with Gasteiger partial charge in [-0.25, -0.2) is 0 Å². The van der Waals surface area contributed by atoms with Gasteiger partial charge in [-0.1, -0.05) is 12.1 Å². The van der Waals surface area contributed by atoms with E-state index >= 15 is 0 Å². The molecule has 0 aliphatic carbocycles. The number of carbonyl (C=O) groups is 2. The van der Waals surface area contributed by atoms with Gasteiger partial charge in [-0.05, 0) is 17.7 Å². The van der Waals surface area contributed by atoms with E-state index in [1.807, 2.05) is 24.3 Å². The lowest BCUT2D eigenvalue weighted by Crippen LogP contribution is -2.50. The zero-order valence-corrected chi connectivity index (χ0v) is 10.3. The zero-order valence-electron chi connectivity index (χ0n) is 10.3. The molecule has 18 heavy (non-hydrogen) atoms. The minimum atomic E-state index is -0.0970. The molecule has 96 valence electrons. The number of rotatable bonds is 3. The van der Waals surface area contributed by atoms with Gasteiger partial charge in [0.2, 0.25) is 11.8 Å². The van der Waals surface area contributed by atoms with Crippen molar-refractivity contribution in [2.75, 3.05) is 26.7 Å². The quantitative estimate of drug-likeness (QED) is 0.831. The van der Waals surface area contributed by atoms with E-state index in [9.17, 15) is 9.59 Å². The summed E-state index contributed by atoms with van der Waals surface area (Å²) in [6.45, 7) is 1.26. The summed E-state index contributed by atoms with van der Waals surface area (Å²) >= 11 is 0. The molecular formula is C13H16N2O3. The van der Waals surface area contributed by atoms with Gasteiger partial charge in [0.25, 0.3) is 0 Å². The van der Waals surface area contributed by atoms with Crippen LogP contribution in [0.1, 0.15) is 5.56 Å². The first-order chi connectivity index (χ1) is 8.69. The molecule has 0 saturated carbocycles.